The van der Waals surface area contributed by atoms with Gasteiger partial charge in [-0.1, -0.05) is 0 Å². The minimum Gasteiger partial charge on any atom is -0.393 e. The maximum atomic E-state index is 10.2. The average Bonchev–Trinajstić information content (AvgIpc) is 2.03. The van der Waals surface area contributed by atoms with E-state index >= 15 is 0 Å². The van der Waals surface area contributed by atoms with Gasteiger partial charge < -0.3 is 25.2 Å². The van der Waals surface area contributed by atoms with Crippen LogP contribution in [0.4, 0.5) is 0 Å². The Bertz CT molecular complexity index is 163. The molecule has 0 heterocycles. The third-order valence-electron chi connectivity index (χ3n) is 1.70. The normalized spacial score (nSPS) is 23.8. The summed E-state index contributed by atoms with van der Waals surface area (Å²) in [4.78, 5) is 10.2. The van der Waals surface area contributed by atoms with E-state index in [1.165, 1.54) is 0 Å². The Hall–Kier alpha value is -0.490. The van der Waals surface area contributed by atoms with Crippen molar-refractivity contribution in [1.82, 2.24) is 0 Å². The highest BCUT2D eigenvalue weighted by Gasteiger charge is 2.42. The lowest BCUT2D eigenvalue weighted by Gasteiger charge is -2.33. The molecule has 0 spiro atoms. The van der Waals surface area contributed by atoms with Crippen LogP contribution >= 0.6 is 0 Å². The van der Waals surface area contributed by atoms with Gasteiger partial charge in [-0.05, 0) is 13.8 Å². The van der Waals surface area contributed by atoms with Gasteiger partial charge in [0.1, 0.15) is 17.3 Å². The lowest BCUT2D eigenvalue weighted by atomic mass is 9.87. The van der Waals surface area contributed by atoms with Crippen molar-refractivity contribution in [3.63, 3.8) is 0 Å². The molecular weight excluding hydrogens is 164 g/mol. The first-order chi connectivity index (χ1) is 5.28. The van der Waals surface area contributed by atoms with Crippen LogP contribution in [0.25, 0.3) is 0 Å². The van der Waals surface area contributed by atoms with Crippen LogP contribution < -0.4 is 0 Å². The first-order valence-electron chi connectivity index (χ1n) is 3.48. The zero-order valence-corrected chi connectivity index (χ0v) is 7.06. The van der Waals surface area contributed by atoms with Crippen LogP contribution in [0, 0.1) is 0 Å². The SMILES string of the molecule is C[C@@](O)(C=O)[C@H](O)[C@](C)(O)CO. The van der Waals surface area contributed by atoms with Crippen LogP contribution in [0.5, 0.6) is 0 Å². The van der Waals surface area contributed by atoms with E-state index in [4.69, 9.17) is 10.2 Å². The zero-order chi connectivity index (χ0) is 9.99. The molecule has 0 saturated heterocycles. The first kappa shape index (κ1) is 11.5. The van der Waals surface area contributed by atoms with Gasteiger partial charge >= 0.3 is 0 Å². The second-order valence-corrected chi connectivity index (χ2v) is 3.26. The van der Waals surface area contributed by atoms with E-state index in [0.717, 1.165) is 13.8 Å². The predicted octanol–water partition coefficient (Wildman–Crippen LogP) is -1.96. The Labute approximate surface area is 70.3 Å². The van der Waals surface area contributed by atoms with E-state index in [0.29, 0.717) is 0 Å². The fourth-order valence-electron chi connectivity index (χ4n) is 0.780. The van der Waals surface area contributed by atoms with E-state index in [9.17, 15) is 15.0 Å². The van der Waals surface area contributed by atoms with Crippen molar-refractivity contribution in [3.05, 3.63) is 0 Å². The van der Waals surface area contributed by atoms with Crippen LogP contribution in [-0.2, 0) is 4.79 Å². The maximum absolute atomic E-state index is 10.2. The Morgan fingerprint density at radius 2 is 1.83 bits per heavy atom. The van der Waals surface area contributed by atoms with Gasteiger partial charge in [0.25, 0.3) is 0 Å². The molecule has 72 valence electrons. The molecule has 0 bridgehead atoms. The molecule has 0 aliphatic heterocycles. The lowest BCUT2D eigenvalue weighted by molar-refractivity contribution is -0.173. The number of rotatable bonds is 4. The standard InChI is InChI=1S/C7H14O5/c1-6(11,3-8)5(10)7(2,12)4-9/h3,5,9-12H,4H2,1-2H3/t5-,6+,7+/m0/s1. The highest BCUT2D eigenvalue weighted by atomic mass is 16.4. The van der Waals surface area contributed by atoms with Crippen molar-refractivity contribution in [2.75, 3.05) is 6.61 Å². The van der Waals surface area contributed by atoms with Crippen LogP contribution in [0.2, 0.25) is 0 Å². The summed E-state index contributed by atoms with van der Waals surface area (Å²) in [5.74, 6) is 0. The van der Waals surface area contributed by atoms with Crippen molar-refractivity contribution < 1.29 is 25.2 Å². The molecule has 5 nitrogen and oxygen atoms in total. The summed E-state index contributed by atoms with van der Waals surface area (Å²) < 4.78 is 0. The summed E-state index contributed by atoms with van der Waals surface area (Å²) in [6, 6.07) is 0. The number of carbonyl (C=O) groups is 1. The largest absolute Gasteiger partial charge is 0.393 e. The van der Waals surface area contributed by atoms with Gasteiger partial charge in [-0.3, -0.25) is 0 Å². The number of carbonyl (C=O) groups excluding carboxylic acids is 1. The molecule has 0 radical (unpaired) electrons. The monoisotopic (exact) mass is 178 g/mol. The maximum Gasteiger partial charge on any atom is 0.154 e. The van der Waals surface area contributed by atoms with Crippen LogP contribution in [0.3, 0.4) is 0 Å². The van der Waals surface area contributed by atoms with Gasteiger partial charge in [0.05, 0.1) is 6.61 Å². The molecule has 3 atom stereocenters. The average molecular weight is 178 g/mol. The zero-order valence-electron chi connectivity index (χ0n) is 7.06. The van der Waals surface area contributed by atoms with Gasteiger partial charge in [0.2, 0.25) is 0 Å². The number of hydrogen-bond donors (Lipinski definition) is 4. The van der Waals surface area contributed by atoms with Crippen molar-refractivity contribution in [2.45, 2.75) is 31.2 Å². The van der Waals surface area contributed by atoms with Gasteiger partial charge in [-0.25, -0.2) is 0 Å². The predicted molar refractivity (Wildman–Crippen MR) is 40.4 cm³/mol. The topological polar surface area (TPSA) is 98.0 Å². The van der Waals surface area contributed by atoms with E-state index in [1.807, 2.05) is 0 Å². The first-order valence-corrected chi connectivity index (χ1v) is 3.48. The van der Waals surface area contributed by atoms with Crippen LogP contribution in [0.15, 0.2) is 0 Å². The number of hydrogen-bond acceptors (Lipinski definition) is 5. The van der Waals surface area contributed by atoms with Gasteiger partial charge in [0, 0.05) is 0 Å². The molecule has 5 heteroatoms. The Morgan fingerprint density at radius 1 is 1.42 bits per heavy atom. The van der Waals surface area contributed by atoms with Crippen molar-refractivity contribution in [2.24, 2.45) is 0 Å². The van der Waals surface area contributed by atoms with Gasteiger partial charge in [-0.2, -0.15) is 0 Å². The number of aliphatic hydroxyl groups excluding tert-OH is 2. The number of aldehydes is 1. The lowest BCUT2D eigenvalue weighted by Crippen LogP contribution is -2.56. The molecule has 0 aromatic carbocycles. The number of aliphatic hydroxyl groups is 4. The minimum atomic E-state index is -2.05. The fraction of sp³-hybridized carbons (Fsp3) is 0.857. The molecule has 12 heavy (non-hydrogen) atoms. The molecule has 0 aliphatic carbocycles. The van der Waals surface area contributed by atoms with E-state index in [-0.39, 0.29) is 6.29 Å². The Balaban J connectivity index is 4.58. The van der Waals surface area contributed by atoms with E-state index in [2.05, 4.69) is 0 Å². The summed E-state index contributed by atoms with van der Waals surface area (Å²) in [7, 11) is 0. The summed E-state index contributed by atoms with van der Waals surface area (Å²) in [6.45, 7) is 1.43. The molecule has 0 fully saturated rings. The Kier molecular flexibility index (Phi) is 3.34. The van der Waals surface area contributed by atoms with Crippen LogP contribution in [0.1, 0.15) is 13.8 Å². The molecule has 0 aromatic heterocycles. The molecule has 0 aromatic rings. The molecule has 0 unspecified atom stereocenters. The molecule has 0 amide bonds. The highest BCUT2D eigenvalue weighted by Crippen LogP contribution is 2.18. The van der Waals surface area contributed by atoms with E-state index < -0.39 is 23.9 Å². The second-order valence-electron chi connectivity index (χ2n) is 3.26. The summed E-state index contributed by atoms with van der Waals surface area (Å²) in [5.41, 5.74) is -3.93. The van der Waals surface area contributed by atoms with E-state index in [1.54, 1.807) is 0 Å². The highest BCUT2D eigenvalue weighted by molar-refractivity contribution is 5.62. The molecule has 0 saturated carbocycles. The Morgan fingerprint density at radius 3 is 2.08 bits per heavy atom. The third-order valence-corrected chi connectivity index (χ3v) is 1.70. The molecule has 4 N–H and O–H groups in total. The third kappa shape index (κ3) is 2.25. The summed E-state index contributed by atoms with van der Waals surface area (Å²) >= 11 is 0. The van der Waals surface area contributed by atoms with Gasteiger partial charge in [-0.15, -0.1) is 0 Å². The van der Waals surface area contributed by atoms with Crippen molar-refractivity contribution in [1.29, 1.82) is 0 Å². The van der Waals surface area contributed by atoms with Crippen molar-refractivity contribution >= 4 is 6.29 Å². The quantitative estimate of drug-likeness (QED) is 0.375. The fourth-order valence-corrected chi connectivity index (χ4v) is 0.780. The molecular formula is C7H14O5. The summed E-state index contributed by atoms with van der Waals surface area (Å²) in [6.07, 6.45) is -1.60. The van der Waals surface area contributed by atoms with Crippen molar-refractivity contribution in [3.8, 4) is 0 Å². The minimum absolute atomic E-state index is 0.113. The second kappa shape index (κ2) is 3.49. The van der Waals surface area contributed by atoms with Crippen LogP contribution in [-0.4, -0.2) is 50.6 Å². The summed E-state index contributed by atoms with van der Waals surface area (Å²) in [5, 5.41) is 36.2. The van der Waals surface area contributed by atoms with Gasteiger partial charge in [0.15, 0.2) is 6.29 Å². The molecule has 0 aliphatic rings. The smallest absolute Gasteiger partial charge is 0.154 e. The molecule has 0 rings (SSSR count).